The molecule has 49 heavy (non-hydrogen) atoms. The van der Waals surface area contributed by atoms with Crippen molar-refractivity contribution < 1.29 is 18.7 Å². The Balaban J connectivity index is 1.13. The number of rotatable bonds is 6. The van der Waals surface area contributed by atoms with Crippen LogP contribution in [0.15, 0.2) is 42.6 Å². The van der Waals surface area contributed by atoms with Crippen LogP contribution in [0.3, 0.4) is 0 Å². The fourth-order valence-electron chi connectivity index (χ4n) is 9.17. The lowest BCUT2D eigenvalue weighted by molar-refractivity contribution is 0.0122. The van der Waals surface area contributed by atoms with Crippen LogP contribution in [0.2, 0.25) is 0 Å². The lowest BCUT2D eigenvalue weighted by atomic mass is 9.94. The number of aromatic nitrogens is 3. The van der Waals surface area contributed by atoms with Gasteiger partial charge in [0.05, 0.1) is 23.0 Å². The Morgan fingerprint density at radius 2 is 1.69 bits per heavy atom. The first kappa shape index (κ1) is 31.0. The first-order valence-electron chi connectivity index (χ1n) is 18.2. The summed E-state index contributed by atoms with van der Waals surface area (Å²) in [4.78, 5) is 34.5. The van der Waals surface area contributed by atoms with Gasteiger partial charge < -0.3 is 14.4 Å². The second-order valence-electron chi connectivity index (χ2n) is 15.9. The predicted molar refractivity (Wildman–Crippen MR) is 188 cm³/mol. The van der Waals surface area contributed by atoms with Gasteiger partial charge in [0.2, 0.25) is 0 Å². The lowest BCUT2D eigenvalue weighted by Crippen LogP contribution is -2.57. The van der Waals surface area contributed by atoms with Gasteiger partial charge in [0.1, 0.15) is 29.2 Å². The molecule has 1 saturated carbocycles. The van der Waals surface area contributed by atoms with Gasteiger partial charge in [-0.2, -0.15) is 9.97 Å². The molecule has 4 aromatic rings. The highest BCUT2D eigenvalue weighted by Crippen LogP contribution is 2.46. The molecule has 2 atom stereocenters. The number of fused-ring (bicyclic) bond motifs is 5. The van der Waals surface area contributed by atoms with Gasteiger partial charge in [0.15, 0.2) is 5.82 Å². The fourth-order valence-corrected chi connectivity index (χ4v) is 9.17. The third-order valence-electron chi connectivity index (χ3n) is 11.5. The molecule has 4 saturated heterocycles. The van der Waals surface area contributed by atoms with Crippen LogP contribution in [0.25, 0.3) is 32.9 Å². The molecule has 2 aromatic carbocycles. The van der Waals surface area contributed by atoms with Crippen molar-refractivity contribution in [1.82, 2.24) is 24.8 Å². The summed E-state index contributed by atoms with van der Waals surface area (Å²) >= 11 is 0. The Morgan fingerprint density at radius 3 is 2.39 bits per heavy atom. The van der Waals surface area contributed by atoms with Crippen molar-refractivity contribution in [3.8, 4) is 17.3 Å². The van der Waals surface area contributed by atoms with Gasteiger partial charge in [-0.1, -0.05) is 36.4 Å². The molecule has 0 spiro atoms. The standard InChI is InChI=1S/C39H45FN6O3/c1-38(2,3)49-37(47)46-26-14-15-27(46)22-44(21-26)35-30-20-41-33(29-11-5-9-25-8-4-10-28(31(25)29)24-12-13-24)32(40)34(30)42-36(43-35)48-23-39-16-6-18-45(39)19-7-17-39/h4-5,8-11,20,24,26-27H,6-7,12-19,21-23H2,1-3H3/t26-,27+. The zero-order valence-electron chi connectivity index (χ0n) is 28.8. The maximum absolute atomic E-state index is 17.1. The number of anilines is 1. The summed E-state index contributed by atoms with van der Waals surface area (Å²) in [6, 6.07) is 12.6. The van der Waals surface area contributed by atoms with Crippen LogP contribution in [0.4, 0.5) is 15.0 Å². The molecule has 4 aliphatic heterocycles. The van der Waals surface area contributed by atoms with Crippen LogP contribution in [0, 0.1) is 5.82 Å². The Labute approximate surface area is 286 Å². The third-order valence-corrected chi connectivity index (χ3v) is 11.5. The molecule has 256 valence electrons. The number of ether oxygens (including phenoxy) is 2. The molecule has 5 aliphatic rings. The number of carbonyl (C=O) groups is 1. The molecule has 2 aromatic heterocycles. The summed E-state index contributed by atoms with van der Waals surface area (Å²) in [5.41, 5.74) is 2.00. The normalized spacial score (nSPS) is 23.4. The quantitative estimate of drug-likeness (QED) is 0.210. The Kier molecular flexibility index (Phi) is 7.27. The van der Waals surface area contributed by atoms with Gasteiger partial charge >= 0.3 is 12.1 Å². The van der Waals surface area contributed by atoms with Crippen LogP contribution in [0.1, 0.15) is 83.6 Å². The molecule has 6 heterocycles. The topological polar surface area (TPSA) is 83.9 Å². The number of pyridine rings is 1. The molecule has 9 rings (SSSR count). The van der Waals surface area contributed by atoms with Crippen LogP contribution >= 0.6 is 0 Å². The minimum Gasteiger partial charge on any atom is -0.461 e. The van der Waals surface area contributed by atoms with Crippen molar-refractivity contribution in [1.29, 1.82) is 0 Å². The highest BCUT2D eigenvalue weighted by Gasteiger charge is 2.46. The van der Waals surface area contributed by atoms with E-state index in [0.717, 1.165) is 80.8 Å². The summed E-state index contributed by atoms with van der Waals surface area (Å²) in [5, 5.41) is 2.72. The van der Waals surface area contributed by atoms with E-state index in [9.17, 15) is 4.79 Å². The fraction of sp³-hybridized carbons (Fsp3) is 0.538. The highest BCUT2D eigenvalue weighted by molar-refractivity contribution is 6.01. The third kappa shape index (κ3) is 5.38. The Hall–Kier alpha value is -4.05. The van der Waals surface area contributed by atoms with Gasteiger partial charge in [0.25, 0.3) is 0 Å². The largest absolute Gasteiger partial charge is 0.461 e. The summed E-state index contributed by atoms with van der Waals surface area (Å²) in [6.45, 7) is 9.50. The zero-order chi connectivity index (χ0) is 33.5. The van der Waals surface area contributed by atoms with Gasteiger partial charge in [0, 0.05) is 24.8 Å². The molecule has 1 aliphatic carbocycles. The summed E-state index contributed by atoms with van der Waals surface area (Å²) in [7, 11) is 0. The van der Waals surface area contributed by atoms with E-state index in [-0.39, 0.29) is 35.2 Å². The van der Waals surface area contributed by atoms with E-state index in [1.165, 1.54) is 5.56 Å². The average molecular weight is 665 g/mol. The number of halogens is 1. The molecular weight excluding hydrogens is 619 g/mol. The Bertz CT molecular complexity index is 1930. The number of carbonyl (C=O) groups excluding carboxylic acids is 1. The molecule has 1 amide bonds. The van der Waals surface area contributed by atoms with Crippen LogP contribution in [0.5, 0.6) is 6.01 Å². The number of hydrogen-bond acceptors (Lipinski definition) is 8. The molecule has 2 bridgehead atoms. The first-order chi connectivity index (χ1) is 23.7. The van der Waals surface area contributed by atoms with Gasteiger partial charge in [-0.3, -0.25) is 14.8 Å². The lowest BCUT2D eigenvalue weighted by Gasteiger charge is -2.42. The summed E-state index contributed by atoms with van der Waals surface area (Å²) in [6.07, 6.45) is 10.0. The van der Waals surface area contributed by atoms with Crippen molar-refractivity contribution in [2.75, 3.05) is 37.7 Å². The zero-order valence-corrected chi connectivity index (χ0v) is 28.8. The van der Waals surface area contributed by atoms with E-state index in [1.807, 2.05) is 37.8 Å². The van der Waals surface area contributed by atoms with Crippen LogP contribution in [-0.2, 0) is 4.74 Å². The minimum absolute atomic E-state index is 0.000738. The second-order valence-corrected chi connectivity index (χ2v) is 15.9. The van der Waals surface area contributed by atoms with Crippen LogP contribution in [-0.4, -0.2) is 86.9 Å². The number of amides is 1. The van der Waals surface area contributed by atoms with Crippen molar-refractivity contribution >= 4 is 33.6 Å². The molecule has 10 heteroatoms. The van der Waals surface area contributed by atoms with Crippen molar-refractivity contribution in [2.24, 2.45) is 0 Å². The van der Waals surface area contributed by atoms with Crippen LogP contribution < -0.4 is 9.64 Å². The van der Waals surface area contributed by atoms with Gasteiger partial charge in [-0.05, 0) is 107 Å². The predicted octanol–water partition coefficient (Wildman–Crippen LogP) is 7.46. The molecule has 0 N–H and O–H groups in total. The number of benzene rings is 2. The van der Waals surface area contributed by atoms with Crippen molar-refractivity contribution in [3.05, 3.63) is 54.0 Å². The number of piperazine rings is 1. The minimum atomic E-state index is -0.569. The van der Waals surface area contributed by atoms with E-state index < -0.39 is 11.4 Å². The van der Waals surface area contributed by atoms with E-state index >= 15 is 4.39 Å². The summed E-state index contributed by atoms with van der Waals surface area (Å²) in [5.74, 6) is 0.658. The Morgan fingerprint density at radius 1 is 0.980 bits per heavy atom. The molecule has 0 radical (unpaired) electrons. The monoisotopic (exact) mass is 664 g/mol. The van der Waals surface area contributed by atoms with Crippen molar-refractivity contribution in [3.63, 3.8) is 0 Å². The van der Waals surface area contributed by atoms with Gasteiger partial charge in [-0.25, -0.2) is 9.18 Å². The second kappa shape index (κ2) is 11.5. The summed E-state index contributed by atoms with van der Waals surface area (Å²) < 4.78 is 29.4. The highest BCUT2D eigenvalue weighted by atomic mass is 19.1. The van der Waals surface area contributed by atoms with E-state index in [0.29, 0.717) is 42.5 Å². The van der Waals surface area contributed by atoms with Gasteiger partial charge in [-0.15, -0.1) is 0 Å². The van der Waals surface area contributed by atoms with E-state index in [4.69, 9.17) is 24.4 Å². The van der Waals surface area contributed by atoms with Crippen molar-refractivity contribution in [2.45, 2.75) is 101 Å². The smallest absolute Gasteiger partial charge is 0.410 e. The maximum Gasteiger partial charge on any atom is 0.410 e. The molecular formula is C39H45FN6O3. The molecule has 9 nitrogen and oxygen atoms in total. The number of hydrogen-bond donors (Lipinski definition) is 0. The van der Waals surface area contributed by atoms with E-state index in [1.54, 1.807) is 6.20 Å². The maximum atomic E-state index is 17.1. The molecule has 5 fully saturated rings. The van der Waals surface area contributed by atoms with E-state index in [2.05, 4.69) is 34.1 Å². The SMILES string of the molecule is CC(C)(C)OC(=O)N1[C@@H]2CC[C@H]1CN(c1nc(OCC34CCCN3CCC4)nc3c(F)c(-c4cccc5cccc(C6CC6)c45)ncc13)C2. The molecule has 0 unspecified atom stereocenters. The average Bonchev–Trinajstić information content (AvgIpc) is 3.64. The number of nitrogens with zero attached hydrogens (tertiary/aromatic N) is 6. The first-order valence-corrected chi connectivity index (χ1v) is 18.2.